The number of nitrogens with zero attached hydrogens (tertiary/aromatic N) is 1. The molecule has 30 heavy (non-hydrogen) atoms. The lowest BCUT2D eigenvalue weighted by molar-refractivity contribution is -0.142. The molecule has 0 spiro atoms. The van der Waals surface area contributed by atoms with Crippen molar-refractivity contribution in [2.75, 3.05) is 18.4 Å². The number of ether oxygens (including phenoxy) is 1. The maximum Gasteiger partial charge on any atom is 0.227 e. The average Bonchev–Trinajstić information content (AvgIpc) is 2.70. The highest BCUT2D eigenvalue weighted by Crippen LogP contribution is 2.33. The molecule has 0 atom stereocenters. The van der Waals surface area contributed by atoms with Gasteiger partial charge in [0.25, 0.3) is 0 Å². The van der Waals surface area contributed by atoms with Gasteiger partial charge in [-0.15, -0.1) is 0 Å². The van der Waals surface area contributed by atoms with E-state index in [-0.39, 0.29) is 17.7 Å². The Morgan fingerprint density at radius 1 is 1.07 bits per heavy atom. The first-order chi connectivity index (χ1) is 14.1. The van der Waals surface area contributed by atoms with Gasteiger partial charge >= 0.3 is 0 Å². The molecule has 1 fully saturated rings. The maximum atomic E-state index is 12.9. The lowest BCUT2D eigenvalue weighted by Crippen LogP contribution is -2.45. The molecule has 1 aliphatic rings. The van der Waals surface area contributed by atoms with Crippen molar-refractivity contribution >= 4 is 29.1 Å². The summed E-state index contributed by atoms with van der Waals surface area (Å²) >= 11 is 6.16. The fourth-order valence-electron chi connectivity index (χ4n) is 3.48. The molecule has 5 nitrogen and oxygen atoms in total. The summed E-state index contributed by atoms with van der Waals surface area (Å²) in [6, 6.07) is 12.9. The van der Waals surface area contributed by atoms with Gasteiger partial charge in [-0.3, -0.25) is 9.59 Å². The molecule has 1 saturated heterocycles. The highest BCUT2D eigenvalue weighted by atomic mass is 35.5. The van der Waals surface area contributed by atoms with Gasteiger partial charge in [0.05, 0.1) is 5.69 Å². The summed E-state index contributed by atoms with van der Waals surface area (Å²) in [5.41, 5.74) is 1.28. The number of rotatable bonds is 4. The molecular weight excluding hydrogens is 400 g/mol. The molecule has 1 N–H and O–H groups in total. The SMILES string of the molecule is Cc1ccc(Oc2ccc(Cl)cc2NC(=O)C2CCN(C(=O)C(C)(C)C)CC2)cc1. The van der Waals surface area contributed by atoms with Crippen molar-refractivity contribution in [3.63, 3.8) is 0 Å². The second-order valence-corrected chi connectivity index (χ2v) is 9.30. The van der Waals surface area contributed by atoms with Crippen molar-refractivity contribution in [3.8, 4) is 11.5 Å². The Morgan fingerprint density at radius 2 is 1.70 bits per heavy atom. The van der Waals surface area contributed by atoms with Gasteiger partial charge in [0, 0.05) is 29.4 Å². The smallest absolute Gasteiger partial charge is 0.227 e. The summed E-state index contributed by atoms with van der Waals surface area (Å²) in [6.45, 7) is 8.96. The van der Waals surface area contributed by atoms with Crippen LogP contribution in [0.5, 0.6) is 11.5 Å². The van der Waals surface area contributed by atoms with Crippen LogP contribution in [0.1, 0.15) is 39.2 Å². The van der Waals surface area contributed by atoms with Crippen molar-refractivity contribution < 1.29 is 14.3 Å². The zero-order chi connectivity index (χ0) is 21.9. The quantitative estimate of drug-likeness (QED) is 0.683. The number of carbonyl (C=O) groups is 2. The Labute approximate surface area is 183 Å². The Bertz CT molecular complexity index is 911. The molecule has 0 bridgehead atoms. The minimum atomic E-state index is -0.405. The van der Waals surface area contributed by atoms with Crippen molar-refractivity contribution in [1.82, 2.24) is 4.90 Å². The van der Waals surface area contributed by atoms with Gasteiger partial charge in [-0.05, 0) is 50.1 Å². The number of anilines is 1. The van der Waals surface area contributed by atoms with Gasteiger partial charge in [0.1, 0.15) is 5.75 Å². The zero-order valence-corrected chi connectivity index (χ0v) is 18.8. The van der Waals surface area contributed by atoms with E-state index in [1.54, 1.807) is 18.2 Å². The van der Waals surface area contributed by atoms with Crippen molar-refractivity contribution in [2.45, 2.75) is 40.5 Å². The number of benzene rings is 2. The first kappa shape index (κ1) is 22.2. The molecule has 0 aromatic heterocycles. The van der Waals surface area contributed by atoms with E-state index in [0.29, 0.717) is 48.1 Å². The molecule has 6 heteroatoms. The van der Waals surface area contributed by atoms with Crippen LogP contribution in [0.3, 0.4) is 0 Å². The molecule has 0 aliphatic carbocycles. The van der Waals surface area contributed by atoms with Crippen LogP contribution in [0, 0.1) is 18.3 Å². The van der Waals surface area contributed by atoms with Gasteiger partial charge < -0.3 is 15.0 Å². The third kappa shape index (κ3) is 5.54. The van der Waals surface area contributed by atoms with Crippen LogP contribution in [-0.4, -0.2) is 29.8 Å². The number of hydrogen-bond donors (Lipinski definition) is 1. The number of nitrogens with one attached hydrogen (secondary N) is 1. The molecule has 0 saturated carbocycles. The van der Waals surface area contributed by atoms with Gasteiger partial charge in [-0.1, -0.05) is 50.1 Å². The van der Waals surface area contributed by atoms with E-state index in [1.807, 2.05) is 56.9 Å². The molecule has 2 aromatic carbocycles. The fraction of sp³-hybridized carbons (Fsp3) is 0.417. The minimum Gasteiger partial charge on any atom is -0.455 e. The first-order valence-corrected chi connectivity index (χ1v) is 10.7. The molecule has 0 unspecified atom stereocenters. The predicted molar refractivity (Wildman–Crippen MR) is 120 cm³/mol. The monoisotopic (exact) mass is 428 g/mol. The standard InChI is InChI=1S/C24H29ClN2O3/c1-16-5-8-19(9-6-16)30-21-10-7-18(25)15-20(21)26-22(28)17-11-13-27(14-12-17)23(29)24(2,3)4/h5-10,15,17H,11-14H2,1-4H3,(H,26,28). The van der Waals surface area contributed by atoms with Crippen LogP contribution in [0.25, 0.3) is 0 Å². The third-order valence-electron chi connectivity index (χ3n) is 5.24. The van der Waals surface area contributed by atoms with E-state index >= 15 is 0 Å². The maximum absolute atomic E-state index is 12.9. The molecule has 160 valence electrons. The Morgan fingerprint density at radius 3 is 2.30 bits per heavy atom. The zero-order valence-electron chi connectivity index (χ0n) is 18.0. The summed E-state index contributed by atoms with van der Waals surface area (Å²) in [5.74, 6) is 1.13. The molecule has 3 rings (SSSR count). The van der Waals surface area contributed by atoms with Crippen molar-refractivity contribution in [2.24, 2.45) is 11.3 Å². The van der Waals surface area contributed by atoms with Crippen LogP contribution in [0.15, 0.2) is 42.5 Å². The second-order valence-electron chi connectivity index (χ2n) is 8.86. The van der Waals surface area contributed by atoms with Gasteiger partial charge in [0.2, 0.25) is 11.8 Å². The molecular formula is C24H29ClN2O3. The van der Waals surface area contributed by atoms with Crippen LogP contribution in [-0.2, 0) is 9.59 Å². The van der Waals surface area contributed by atoms with Gasteiger partial charge in [-0.25, -0.2) is 0 Å². The summed E-state index contributed by atoms with van der Waals surface area (Å²) < 4.78 is 5.97. The average molecular weight is 429 g/mol. The van der Waals surface area contributed by atoms with E-state index < -0.39 is 5.41 Å². The van der Waals surface area contributed by atoms with E-state index in [4.69, 9.17) is 16.3 Å². The predicted octanol–water partition coefficient (Wildman–Crippen LogP) is 5.66. The largest absolute Gasteiger partial charge is 0.455 e. The summed E-state index contributed by atoms with van der Waals surface area (Å²) in [5, 5.41) is 3.50. The number of amides is 2. The summed E-state index contributed by atoms with van der Waals surface area (Å²) in [6.07, 6.45) is 1.28. The van der Waals surface area contributed by atoms with Crippen molar-refractivity contribution in [1.29, 1.82) is 0 Å². The normalized spacial score (nSPS) is 15.0. The Balaban J connectivity index is 1.66. The van der Waals surface area contributed by atoms with E-state index in [9.17, 15) is 9.59 Å². The second kappa shape index (κ2) is 9.09. The van der Waals surface area contributed by atoms with Crippen LogP contribution >= 0.6 is 11.6 Å². The first-order valence-electron chi connectivity index (χ1n) is 10.3. The number of aryl methyl sites for hydroxylation is 1. The molecule has 1 heterocycles. The topological polar surface area (TPSA) is 58.6 Å². The van der Waals surface area contributed by atoms with Gasteiger partial charge in [-0.2, -0.15) is 0 Å². The summed E-state index contributed by atoms with van der Waals surface area (Å²) in [7, 11) is 0. The number of hydrogen-bond acceptors (Lipinski definition) is 3. The molecule has 0 radical (unpaired) electrons. The molecule has 1 aliphatic heterocycles. The van der Waals surface area contributed by atoms with E-state index in [0.717, 1.165) is 5.56 Å². The number of carbonyl (C=O) groups excluding carboxylic acids is 2. The van der Waals surface area contributed by atoms with E-state index in [1.165, 1.54) is 0 Å². The Hall–Kier alpha value is -2.53. The van der Waals surface area contributed by atoms with E-state index in [2.05, 4.69) is 5.32 Å². The van der Waals surface area contributed by atoms with Crippen molar-refractivity contribution in [3.05, 3.63) is 53.1 Å². The molecule has 2 amide bonds. The third-order valence-corrected chi connectivity index (χ3v) is 5.48. The highest BCUT2D eigenvalue weighted by Gasteiger charge is 2.32. The lowest BCUT2D eigenvalue weighted by atomic mass is 9.90. The highest BCUT2D eigenvalue weighted by molar-refractivity contribution is 6.31. The number of likely N-dealkylation sites (tertiary alicyclic amines) is 1. The number of halogens is 1. The van der Waals surface area contributed by atoms with Crippen LogP contribution in [0.4, 0.5) is 5.69 Å². The summed E-state index contributed by atoms with van der Waals surface area (Å²) in [4.78, 5) is 27.2. The van der Waals surface area contributed by atoms with Gasteiger partial charge in [0.15, 0.2) is 5.75 Å². The molecule has 2 aromatic rings. The Kier molecular flexibility index (Phi) is 6.71. The van der Waals surface area contributed by atoms with Crippen LogP contribution in [0.2, 0.25) is 5.02 Å². The van der Waals surface area contributed by atoms with Crippen LogP contribution < -0.4 is 10.1 Å². The number of piperidine rings is 1. The minimum absolute atomic E-state index is 0.0751. The lowest BCUT2D eigenvalue weighted by Gasteiger charge is -2.35. The fourth-order valence-corrected chi connectivity index (χ4v) is 3.65.